The number of rotatable bonds is 8. The molecule has 1 amide bonds. The van der Waals surface area contributed by atoms with Gasteiger partial charge in [0.2, 0.25) is 5.91 Å². The van der Waals surface area contributed by atoms with Crippen molar-refractivity contribution < 1.29 is 9.36 Å². The maximum atomic E-state index is 13.4. The minimum atomic E-state index is -0.836. The molecule has 1 heterocycles. The first kappa shape index (κ1) is 23.1. The molecule has 2 atom stereocenters. The van der Waals surface area contributed by atoms with Crippen LogP contribution in [0.4, 0.5) is 0 Å². The maximum absolute atomic E-state index is 13.4. The fraction of sp³-hybridized carbons (Fsp3) is 0.290. The van der Waals surface area contributed by atoms with Crippen LogP contribution in [0.1, 0.15) is 54.7 Å². The Morgan fingerprint density at radius 1 is 0.914 bits per heavy atom. The zero-order valence-corrected chi connectivity index (χ0v) is 20.4. The van der Waals surface area contributed by atoms with Crippen molar-refractivity contribution in [2.45, 2.75) is 50.6 Å². The minimum Gasteiger partial charge on any atom is -0.369 e. The van der Waals surface area contributed by atoms with Crippen molar-refractivity contribution in [1.82, 2.24) is 4.57 Å². The predicted molar refractivity (Wildman–Crippen MR) is 139 cm³/mol. The monoisotopic (exact) mass is 464 g/mol. The molecule has 0 radical (unpaired) electrons. The number of imidazole rings is 1. The molecule has 0 saturated heterocycles. The second-order valence-electron chi connectivity index (χ2n) is 9.66. The number of aromatic nitrogens is 2. The number of hydrogen-bond acceptors (Lipinski definition) is 1. The van der Waals surface area contributed by atoms with E-state index < -0.39 is 5.41 Å². The van der Waals surface area contributed by atoms with Crippen LogP contribution >= 0.6 is 0 Å². The highest BCUT2D eigenvalue weighted by Crippen LogP contribution is 2.50. The Hall–Kier alpha value is -3.66. The van der Waals surface area contributed by atoms with Gasteiger partial charge in [-0.1, -0.05) is 97.9 Å². The van der Waals surface area contributed by atoms with Crippen LogP contribution in [-0.4, -0.2) is 10.5 Å². The number of primary amides is 1. The second kappa shape index (κ2) is 9.91. The lowest BCUT2D eigenvalue weighted by molar-refractivity contribution is -0.695. The summed E-state index contributed by atoms with van der Waals surface area (Å²) in [6, 6.07) is 31.2. The lowest BCUT2D eigenvalue weighted by Crippen LogP contribution is -2.47. The summed E-state index contributed by atoms with van der Waals surface area (Å²) in [6.45, 7) is 3.09. The Labute approximate surface area is 208 Å². The van der Waals surface area contributed by atoms with Gasteiger partial charge in [-0.15, -0.1) is 0 Å². The van der Waals surface area contributed by atoms with Gasteiger partial charge in [-0.05, 0) is 41.9 Å². The third kappa shape index (κ3) is 4.18. The zero-order chi connectivity index (χ0) is 24.3. The van der Waals surface area contributed by atoms with E-state index in [2.05, 4.69) is 83.0 Å². The van der Waals surface area contributed by atoms with Gasteiger partial charge in [0.15, 0.2) is 0 Å². The second-order valence-corrected chi connectivity index (χ2v) is 9.66. The third-order valence-corrected chi connectivity index (χ3v) is 7.81. The molecule has 2 unspecified atom stereocenters. The van der Waals surface area contributed by atoms with Crippen LogP contribution in [0.15, 0.2) is 103 Å². The molecule has 4 aromatic rings. The highest BCUT2D eigenvalue weighted by molar-refractivity contribution is 5.91. The molecule has 0 spiro atoms. The quantitative estimate of drug-likeness (QED) is 0.358. The van der Waals surface area contributed by atoms with Gasteiger partial charge in [0, 0.05) is 6.42 Å². The van der Waals surface area contributed by atoms with E-state index in [9.17, 15) is 4.79 Å². The molecule has 0 aliphatic heterocycles. The van der Waals surface area contributed by atoms with Gasteiger partial charge in [-0.3, -0.25) is 4.79 Å². The van der Waals surface area contributed by atoms with E-state index in [0.29, 0.717) is 6.04 Å². The SMILES string of the molecule is CCc1n(C2CCC(C(C(N)=O)(c3ccccc3)c3ccccc3)C2)cc[n+]1Cc1ccccc1. The number of carbonyl (C=O) groups is 1. The fourth-order valence-corrected chi connectivity index (χ4v) is 6.24. The average Bonchev–Trinajstić information content (AvgIpc) is 3.54. The van der Waals surface area contributed by atoms with Crippen LogP contribution in [-0.2, 0) is 23.2 Å². The summed E-state index contributed by atoms with van der Waals surface area (Å²) in [5.41, 5.74) is 8.75. The van der Waals surface area contributed by atoms with Gasteiger partial charge in [-0.2, -0.15) is 0 Å². The number of hydrogen-bond donors (Lipinski definition) is 1. The van der Waals surface area contributed by atoms with Crippen LogP contribution in [0.3, 0.4) is 0 Å². The van der Waals surface area contributed by atoms with E-state index in [1.807, 2.05) is 36.4 Å². The topological polar surface area (TPSA) is 51.9 Å². The first-order valence-electron chi connectivity index (χ1n) is 12.7. The van der Waals surface area contributed by atoms with E-state index in [-0.39, 0.29) is 11.8 Å². The smallest absolute Gasteiger partial charge is 0.256 e. The fourth-order valence-electron chi connectivity index (χ4n) is 6.24. The van der Waals surface area contributed by atoms with Crippen molar-refractivity contribution >= 4 is 5.91 Å². The molecule has 178 valence electrons. The van der Waals surface area contributed by atoms with Gasteiger partial charge >= 0.3 is 0 Å². The standard InChI is InChI=1S/C31H33N3O/c1-2-29-33(23-24-12-6-3-7-13-24)20-21-34(29)28-19-18-27(22-28)31(30(32)35,25-14-8-4-9-15-25)26-16-10-5-11-17-26/h3-17,20-21,27-28H,2,18-19,22-23H2,1H3,(H-,32,35)/p+1. The summed E-state index contributed by atoms with van der Waals surface area (Å²) in [5.74, 6) is 1.19. The highest BCUT2D eigenvalue weighted by atomic mass is 16.1. The maximum Gasteiger partial charge on any atom is 0.256 e. The van der Waals surface area contributed by atoms with Crippen molar-refractivity contribution in [2.75, 3.05) is 0 Å². The zero-order valence-electron chi connectivity index (χ0n) is 20.4. The van der Waals surface area contributed by atoms with E-state index in [0.717, 1.165) is 43.4 Å². The Bertz CT molecular complexity index is 1230. The van der Waals surface area contributed by atoms with Crippen LogP contribution in [0.5, 0.6) is 0 Å². The van der Waals surface area contributed by atoms with E-state index in [1.165, 1.54) is 11.4 Å². The van der Waals surface area contributed by atoms with Gasteiger partial charge in [0.05, 0.1) is 0 Å². The number of nitrogens with two attached hydrogens (primary N) is 1. The first-order valence-corrected chi connectivity index (χ1v) is 12.7. The molecule has 1 saturated carbocycles. The molecule has 4 nitrogen and oxygen atoms in total. The number of carbonyl (C=O) groups excluding carboxylic acids is 1. The Morgan fingerprint density at radius 2 is 1.49 bits per heavy atom. The van der Waals surface area contributed by atoms with Crippen LogP contribution in [0.25, 0.3) is 0 Å². The van der Waals surface area contributed by atoms with Crippen molar-refractivity contribution in [3.05, 3.63) is 126 Å². The molecule has 3 aromatic carbocycles. The summed E-state index contributed by atoms with van der Waals surface area (Å²) in [4.78, 5) is 13.4. The van der Waals surface area contributed by atoms with Crippen LogP contribution in [0, 0.1) is 5.92 Å². The Kier molecular flexibility index (Phi) is 6.54. The lowest BCUT2D eigenvalue weighted by atomic mass is 9.64. The molecule has 1 aromatic heterocycles. The van der Waals surface area contributed by atoms with Gasteiger partial charge in [-0.25, -0.2) is 9.13 Å². The summed E-state index contributed by atoms with van der Waals surface area (Å²) >= 11 is 0. The summed E-state index contributed by atoms with van der Waals surface area (Å²) in [5, 5.41) is 0. The van der Waals surface area contributed by atoms with Crippen molar-refractivity contribution in [3.63, 3.8) is 0 Å². The highest BCUT2D eigenvalue weighted by Gasteiger charge is 2.51. The third-order valence-electron chi connectivity index (χ3n) is 7.81. The van der Waals surface area contributed by atoms with Crippen molar-refractivity contribution in [1.29, 1.82) is 0 Å². The molecule has 0 bridgehead atoms. The number of nitrogens with zero attached hydrogens (tertiary/aromatic N) is 2. The molecule has 1 aliphatic carbocycles. The summed E-state index contributed by atoms with van der Waals surface area (Å²) in [7, 11) is 0. The van der Waals surface area contributed by atoms with Gasteiger partial charge < -0.3 is 5.73 Å². The van der Waals surface area contributed by atoms with Crippen LogP contribution in [0.2, 0.25) is 0 Å². The largest absolute Gasteiger partial charge is 0.369 e. The predicted octanol–water partition coefficient (Wildman–Crippen LogP) is 5.20. The lowest BCUT2D eigenvalue weighted by Gasteiger charge is -2.37. The molecule has 1 fully saturated rings. The normalized spacial score (nSPS) is 18.0. The number of benzene rings is 3. The van der Waals surface area contributed by atoms with Crippen molar-refractivity contribution in [3.8, 4) is 0 Å². The van der Waals surface area contributed by atoms with Gasteiger partial charge in [0.25, 0.3) is 5.82 Å². The molecular formula is C31H34N3O+. The molecule has 4 heteroatoms. The Balaban J connectivity index is 1.50. The minimum absolute atomic E-state index is 0.129. The summed E-state index contributed by atoms with van der Waals surface area (Å²) < 4.78 is 4.81. The first-order chi connectivity index (χ1) is 17.1. The Morgan fingerprint density at radius 3 is 2.03 bits per heavy atom. The van der Waals surface area contributed by atoms with Crippen molar-refractivity contribution in [2.24, 2.45) is 11.7 Å². The van der Waals surface area contributed by atoms with E-state index >= 15 is 0 Å². The molecule has 2 N–H and O–H groups in total. The molecular weight excluding hydrogens is 430 g/mol. The van der Waals surface area contributed by atoms with Crippen LogP contribution < -0.4 is 10.3 Å². The number of amides is 1. The van der Waals surface area contributed by atoms with Gasteiger partial charge in [0.1, 0.15) is 30.4 Å². The average molecular weight is 465 g/mol. The summed E-state index contributed by atoms with van der Waals surface area (Å²) in [6.07, 6.45) is 8.30. The van der Waals surface area contributed by atoms with E-state index in [1.54, 1.807) is 0 Å². The molecule has 1 aliphatic rings. The molecule has 35 heavy (non-hydrogen) atoms. The van der Waals surface area contributed by atoms with E-state index in [4.69, 9.17) is 5.73 Å². The molecule has 5 rings (SSSR count).